The third kappa shape index (κ3) is 3.73. The summed E-state index contributed by atoms with van der Waals surface area (Å²) in [4.78, 5) is 13.5. The maximum absolute atomic E-state index is 11.1. The minimum absolute atomic E-state index is 0.430. The van der Waals surface area contributed by atoms with Gasteiger partial charge in [0.1, 0.15) is 0 Å². The van der Waals surface area contributed by atoms with E-state index in [2.05, 4.69) is 11.9 Å². The lowest BCUT2D eigenvalue weighted by atomic mass is 10.0. The zero-order valence-corrected chi connectivity index (χ0v) is 12.3. The lowest BCUT2D eigenvalue weighted by Crippen LogP contribution is -2.31. The second-order valence-corrected chi connectivity index (χ2v) is 5.84. The number of nitrogens with two attached hydrogens (primary N) is 2. The molecular weight excluding hydrogens is 250 g/mol. The molecule has 0 aliphatic heterocycles. The van der Waals surface area contributed by atoms with Gasteiger partial charge in [0.15, 0.2) is 0 Å². The first-order chi connectivity index (χ1) is 9.58. The Hall–Kier alpha value is -1.55. The summed E-state index contributed by atoms with van der Waals surface area (Å²) in [5.41, 5.74) is 13.5. The molecule has 0 saturated heterocycles. The monoisotopic (exact) mass is 275 g/mol. The van der Waals surface area contributed by atoms with Crippen LogP contribution >= 0.6 is 0 Å². The van der Waals surface area contributed by atoms with Crippen molar-refractivity contribution in [1.82, 2.24) is 4.90 Å². The highest BCUT2D eigenvalue weighted by atomic mass is 16.1. The molecule has 0 radical (unpaired) electrons. The van der Waals surface area contributed by atoms with Crippen LogP contribution in [0.2, 0.25) is 0 Å². The van der Waals surface area contributed by atoms with Crippen molar-refractivity contribution in [2.45, 2.75) is 51.1 Å². The van der Waals surface area contributed by atoms with Gasteiger partial charge in [-0.05, 0) is 37.6 Å². The average molecular weight is 275 g/mol. The van der Waals surface area contributed by atoms with E-state index in [-0.39, 0.29) is 0 Å². The van der Waals surface area contributed by atoms with Crippen LogP contribution in [0.5, 0.6) is 0 Å². The third-order valence-corrected chi connectivity index (χ3v) is 4.30. The van der Waals surface area contributed by atoms with E-state index in [1.54, 1.807) is 12.1 Å². The van der Waals surface area contributed by atoms with Crippen LogP contribution in [0.25, 0.3) is 0 Å². The molecular formula is C16H25N3O. The standard InChI is InChI=1S/C16H25N3O/c1-19(14-6-4-2-3-5-7-14)11-13-9-8-12(16(18)20)10-15(13)17/h8-10,14H,2-7,11,17H2,1H3,(H2,18,20). The molecule has 1 aliphatic carbocycles. The Morgan fingerprint density at radius 1 is 1.25 bits per heavy atom. The Labute approximate surface area is 121 Å². The number of rotatable bonds is 4. The zero-order valence-electron chi connectivity index (χ0n) is 12.3. The van der Waals surface area contributed by atoms with Gasteiger partial charge in [-0.3, -0.25) is 9.69 Å². The van der Waals surface area contributed by atoms with Crippen molar-refractivity contribution in [2.75, 3.05) is 12.8 Å². The zero-order chi connectivity index (χ0) is 14.5. The van der Waals surface area contributed by atoms with Crippen molar-refractivity contribution >= 4 is 11.6 Å². The van der Waals surface area contributed by atoms with Crippen molar-refractivity contribution in [3.63, 3.8) is 0 Å². The van der Waals surface area contributed by atoms with E-state index in [0.29, 0.717) is 17.3 Å². The summed E-state index contributed by atoms with van der Waals surface area (Å²) in [6, 6.07) is 6.00. The molecule has 0 aromatic heterocycles. The van der Waals surface area contributed by atoms with E-state index in [9.17, 15) is 4.79 Å². The molecule has 110 valence electrons. The molecule has 0 spiro atoms. The molecule has 0 unspecified atom stereocenters. The SMILES string of the molecule is CN(Cc1ccc(C(N)=O)cc1N)C1CCCCCC1. The fourth-order valence-electron chi connectivity index (χ4n) is 2.99. The largest absolute Gasteiger partial charge is 0.398 e. The molecule has 1 aromatic rings. The molecule has 4 nitrogen and oxygen atoms in total. The number of carbonyl (C=O) groups excluding carboxylic acids is 1. The number of hydrogen-bond donors (Lipinski definition) is 2. The summed E-state index contributed by atoms with van der Waals surface area (Å²) in [5, 5.41) is 0. The van der Waals surface area contributed by atoms with Crippen molar-refractivity contribution in [3.05, 3.63) is 29.3 Å². The Bertz CT molecular complexity index is 465. The lowest BCUT2D eigenvalue weighted by molar-refractivity contribution is 0.100. The normalized spacial score (nSPS) is 17.1. The fraction of sp³-hybridized carbons (Fsp3) is 0.562. The minimum Gasteiger partial charge on any atom is -0.398 e. The van der Waals surface area contributed by atoms with E-state index in [4.69, 9.17) is 11.5 Å². The van der Waals surface area contributed by atoms with E-state index >= 15 is 0 Å². The highest BCUT2D eigenvalue weighted by molar-refractivity contribution is 5.93. The summed E-state index contributed by atoms with van der Waals surface area (Å²) in [5.74, 6) is -0.430. The molecule has 1 aromatic carbocycles. The van der Waals surface area contributed by atoms with Crippen molar-refractivity contribution in [1.29, 1.82) is 0 Å². The summed E-state index contributed by atoms with van der Waals surface area (Å²) in [7, 11) is 2.16. The summed E-state index contributed by atoms with van der Waals surface area (Å²) in [6.07, 6.45) is 7.92. The number of nitrogen functional groups attached to an aromatic ring is 1. The van der Waals surface area contributed by atoms with E-state index in [1.165, 1.54) is 38.5 Å². The molecule has 0 bridgehead atoms. The Morgan fingerprint density at radius 2 is 1.90 bits per heavy atom. The van der Waals surface area contributed by atoms with Crippen LogP contribution in [-0.4, -0.2) is 23.9 Å². The van der Waals surface area contributed by atoms with Crippen LogP contribution in [-0.2, 0) is 6.54 Å². The van der Waals surface area contributed by atoms with Gasteiger partial charge < -0.3 is 11.5 Å². The molecule has 0 heterocycles. The number of hydrogen-bond acceptors (Lipinski definition) is 3. The van der Waals surface area contributed by atoms with Gasteiger partial charge in [-0.2, -0.15) is 0 Å². The van der Waals surface area contributed by atoms with Crippen LogP contribution < -0.4 is 11.5 Å². The first-order valence-corrected chi connectivity index (χ1v) is 7.46. The Balaban J connectivity index is 2.03. The van der Waals surface area contributed by atoms with Crippen LogP contribution in [0.1, 0.15) is 54.4 Å². The second-order valence-electron chi connectivity index (χ2n) is 5.84. The van der Waals surface area contributed by atoms with Crippen LogP contribution in [0.15, 0.2) is 18.2 Å². The molecule has 2 rings (SSSR count). The third-order valence-electron chi connectivity index (χ3n) is 4.30. The van der Waals surface area contributed by atoms with Crippen LogP contribution in [0, 0.1) is 0 Å². The maximum atomic E-state index is 11.1. The Kier molecular flexibility index (Phi) is 5.01. The highest BCUT2D eigenvalue weighted by Crippen LogP contribution is 2.24. The van der Waals surface area contributed by atoms with Gasteiger partial charge >= 0.3 is 0 Å². The lowest BCUT2D eigenvalue weighted by Gasteiger charge is -2.27. The van der Waals surface area contributed by atoms with E-state index in [1.807, 2.05) is 6.07 Å². The van der Waals surface area contributed by atoms with Crippen molar-refractivity contribution in [2.24, 2.45) is 5.73 Å². The smallest absolute Gasteiger partial charge is 0.248 e. The fourth-order valence-corrected chi connectivity index (χ4v) is 2.99. The predicted molar refractivity (Wildman–Crippen MR) is 82.3 cm³/mol. The summed E-state index contributed by atoms with van der Waals surface area (Å²) in [6.45, 7) is 0.829. The first kappa shape index (κ1) is 14.9. The van der Waals surface area contributed by atoms with Crippen molar-refractivity contribution in [3.8, 4) is 0 Å². The molecule has 4 N–H and O–H groups in total. The summed E-state index contributed by atoms with van der Waals surface area (Å²) >= 11 is 0. The molecule has 0 atom stereocenters. The van der Waals surface area contributed by atoms with E-state index in [0.717, 1.165) is 12.1 Å². The molecule has 1 fully saturated rings. The van der Waals surface area contributed by atoms with Crippen LogP contribution in [0.4, 0.5) is 5.69 Å². The highest BCUT2D eigenvalue weighted by Gasteiger charge is 2.17. The minimum atomic E-state index is -0.430. The molecule has 20 heavy (non-hydrogen) atoms. The molecule has 1 saturated carbocycles. The number of amides is 1. The molecule has 1 aliphatic rings. The van der Waals surface area contributed by atoms with Gasteiger partial charge in [0.25, 0.3) is 0 Å². The van der Waals surface area contributed by atoms with Crippen molar-refractivity contribution < 1.29 is 4.79 Å². The number of anilines is 1. The molecule has 1 amide bonds. The van der Waals surface area contributed by atoms with Crippen LogP contribution in [0.3, 0.4) is 0 Å². The molecule has 4 heteroatoms. The number of carbonyl (C=O) groups is 1. The topological polar surface area (TPSA) is 72.3 Å². The van der Waals surface area contributed by atoms with Gasteiger partial charge in [0.05, 0.1) is 0 Å². The quantitative estimate of drug-likeness (QED) is 0.655. The first-order valence-electron chi connectivity index (χ1n) is 7.46. The maximum Gasteiger partial charge on any atom is 0.248 e. The number of nitrogens with zero attached hydrogens (tertiary/aromatic N) is 1. The summed E-state index contributed by atoms with van der Waals surface area (Å²) < 4.78 is 0. The van der Waals surface area contributed by atoms with Gasteiger partial charge in [-0.1, -0.05) is 31.7 Å². The average Bonchev–Trinajstić information content (AvgIpc) is 2.69. The second kappa shape index (κ2) is 6.75. The van der Waals surface area contributed by atoms with Gasteiger partial charge in [-0.25, -0.2) is 0 Å². The van der Waals surface area contributed by atoms with Gasteiger partial charge in [0, 0.05) is 23.8 Å². The van der Waals surface area contributed by atoms with E-state index < -0.39 is 5.91 Å². The number of benzene rings is 1. The number of primary amides is 1. The Morgan fingerprint density at radius 3 is 2.45 bits per heavy atom. The predicted octanol–water partition coefficient (Wildman–Crippen LogP) is 2.52. The van der Waals surface area contributed by atoms with Gasteiger partial charge in [-0.15, -0.1) is 0 Å². The van der Waals surface area contributed by atoms with Gasteiger partial charge in [0.2, 0.25) is 5.91 Å².